The zero-order valence-electron chi connectivity index (χ0n) is 11.2. The van der Waals surface area contributed by atoms with Gasteiger partial charge in [-0.3, -0.25) is 0 Å². The molecule has 1 heteroatoms. The maximum atomic E-state index is 3.49. The first-order chi connectivity index (χ1) is 8.93. The highest BCUT2D eigenvalue weighted by molar-refractivity contribution is 5.30. The van der Waals surface area contributed by atoms with Crippen LogP contribution >= 0.6 is 0 Å². The predicted molar refractivity (Wildman–Crippen MR) is 75.4 cm³/mol. The highest BCUT2D eigenvalue weighted by Gasteiger charge is 2.16. The molecule has 1 aromatic rings. The third-order valence-electron chi connectivity index (χ3n) is 4.51. The fourth-order valence-electron chi connectivity index (χ4n) is 3.42. The van der Waals surface area contributed by atoms with Crippen LogP contribution in [0.4, 0.5) is 0 Å². The summed E-state index contributed by atoms with van der Waals surface area (Å²) in [6.45, 7) is 0. The third-order valence-corrected chi connectivity index (χ3v) is 4.51. The second-order valence-electron chi connectivity index (χ2n) is 5.84. The fraction of sp³-hybridized carbons (Fsp3) is 0.647. The molecule has 0 radical (unpaired) electrons. The molecule has 0 aromatic carbocycles. The minimum atomic E-state index is 0.666. The Balaban J connectivity index is 1.73. The zero-order valence-corrected chi connectivity index (χ0v) is 11.2. The Morgan fingerprint density at radius 3 is 2.44 bits per heavy atom. The normalized spacial score (nSPS) is 21.8. The number of hydrogen-bond acceptors (Lipinski definition) is 0. The van der Waals surface area contributed by atoms with E-state index in [0.717, 1.165) is 0 Å². The molecule has 1 heterocycles. The largest absolute Gasteiger partial charge is 0.338 e. The van der Waals surface area contributed by atoms with Crippen LogP contribution in [0, 0.1) is 17.8 Å². The summed E-state index contributed by atoms with van der Waals surface area (Å²) in [4.78, 5) is 0. The second-order valence-corrected chi connectivity index (χ2v) is 5.84. The molecule has 2 fully saturated rings. The standard InChI is InChI=1S/C17H23N/c1-2-9-16(10-3-1)18-14-6-11-17(18)13-12-15-7-4-5-8-15/h6,11,14-16H,1-5,7-10H2. The highest BCUT2D eigenvalue weighted by atomic mass is 15.0. The fourth-order valence-corrected chi connectivity index (χ4v) is 3.42. The van der Waals surface area contributed by atoms with Crippen LogP contribution in [-0.2, 0) is 0 Å². The highest BCUT2D eigenvalue weighted by Crippen LogP contribution is 2.29. The van der Waals surface area contributed by atoms with Gasteiger partial charge in [-0.25, -0.2) is 0 Å². The molecular weight excluding hydrogens is 218 g/mol. The molecule has 0 unspecified atom stereocenters. The van der Waals surface area contributed by atoms with Crippen molar-refractivity contribution in [1.29, 1.82) is 0 Å². The van der Waals surface area contributed by atoms with E-state index < -0.39 is 0 Å². The molecule has 2 aliphatic carbocycles. The van der Waals surface area contributed by atoms with Gasteiger partial charge in [-0.05, 0) is 43.7 Å². The van der Waals surface area contributed by atoms with E-state index in [9.17, 15) is 0 Å². The summed E-state index contributed by atoms with van der Waals surface area (Å²) in [5.41, 5.74) is 1.24. The van der Waals surface area contributed by atoms with Crippen LogP contribution in [0.25, 0.3) is 0 Å². The topological polar surface area (TPSA) is 4.93 Å². The maximum Gasteiger partial charge on any atom is 0.0922 e. The molecule has 3 rings (SSSR count). The van der Waals surface area contributed by atoms with Gasteiger partial charge in [0, 0.05) is 18.2 Å². The van der Waals surface area contributed by atoms with Gasteiger partial charge in [0.15, 0.2) is 0 Å². The average molecular weight is 241 g/mol. The minimum Gasteiger partial charge on any atom is -0.338 e. The summed E-state index contributed by atoms with van der Waals surface area (Å²) in [7, 11) is 0. The number of nitrogens with zero attached hydrogens (tertiary/aromatic N) is 1. The second kappa shape index (κ2) is 5.65. The maximum absolute atomic E-state index is 3.49. The van der Waals surface area contributed by atoms with Crippen molar-refractivity contribution in [2.45, 2.75) is 63.8 Å². The summed E-state index contributed by atoms with van der Waals surface area (Å²) in [6, 6.07) is 5.06. The van der Waals surface area contributed by atoms with Crippen molar-refractivity contribution in [2.24, 2.45) is 5.92 Å². The Bertz CT molecular complexity index is 434. The summed E-state index contributed by atoms with van der Waals surface area (Å²) in [6.07, 6.45) is 14.5. The van der Waals surface area contributed by atoms with E-state index in [-0.39, 0.29) is 0 Å². The van der Waals surface area contributed by atoms with Gasteiger partial charge in [0.1, 0.15) is 0 Å². The molecule has 0 spiro atoms. The van der Waals surface area contributed by atoms with Crippen LogP contribution < -0.4 is 0 Å². The van der Waals surface area contributed by atoms with Crippen LogP contribution in [0.5, 0.6) is 0 Å². The van der Waals surface area contributed by atoms with Crippen molar-refractivity contribution in [2.75, 3.05) is 0 Å². The van der Waals surface area contributed by atoms with Gasteiger partial charge in [0.05, 0.1) is 5.69 Å². The lowest BCUT2D eigenvalue weighted by Gasteiger charge is -2.24. The molecule has 0 saturated heterocycles. The van der Waals surface area contributed by atoms with Crippen LogP contribution in [0.1, 0.15) is 69.5 Å². The van der Waals surface area contributed by atoms with Gasteiger partial charge < -0.3 is 4.57 Å². The van der Waals surface area contributed by atoms with Crippen molar-refractivity contribution >= 4 is 0 Å². The molecule has 96 valence electrons. The van der Waals surface area contributed by atoms with Gasteiger partial charge in [-0.2, -0.15) is 0 Å². The van der Waals surface area contributed by atoms with Crippen LogP contribution in [0.3, 0.4) is 0 Å². The van der Waals surface area contributed by atoms with E-state index in [1.165, 1.54) is 63.5 Å². The molecule has 0 aliphatic heterocycles. The molecule has 0 atom stereocenters. The first-order valence-corrected chi connectivity index (χ1v) is 7.62. The van der Waals surface area contributed by atoms with E-state index in [1.807, 2.05) is 0 Å². The smallest absolute Gasteiger partial charge is 0.0922 e. The first kappa shape index (κ1) is 11.9. The molecule has 0 amide bonds. The van der Waals surface area contributed by atoms with Gasteiger partial charge in [-0.15, -0.1) is 0 Å². The minimum absolute atomic E-state index is 0.666. The quantitative estimate of drug-likeness (QED) is 0.636. The Labute approximate surface area is 111 Å². The van der Waals surface area contributed by atoms with Crippen LogP contribution in [0.2, 0.25) is 0 Å². The summed E-state index contributed by atoms with van der Waals surface area (Å²) >= 11 is 0. The average Bonchev–Trinajstić information content (AvgIpc) is 3.09. The first-order valence-electron chi connectivity index (χ1n) is 7.62. The lowest BCUT2D eigenvalue weighted by molar-refractivity contribution is 0.352. The van der Waals surface area contributed by atoms with Crippen molar-refractivity contribution in [3.05, 3.63) is 24.0 Å². The number of hydrogen-bond donors (Lipinski definition) is 0. The lowest BCUT2D eigenvalue weighted by atomic mass is 9.95. The monoisotopic (exact) mass is 241 g/mol. The van der Waals surface area contributed by atoms with Crippen molar-refractivity contribution in [3.8, 4) is 11.8 Å². The summed E-state index contributed by atoms with van der Waals surface area (Å²) in [5.74, 6) is 7.60. The van der Waals surface area contributed by atoms with E-state index in [2.05, 4.69) is 34.7 Å². The lowest BCUT2D eigenvalue weighted by Crippen LogP contribution is -2.13. The van der Waals surface area contributed by atoms with Crippen molar-refractivity contribution < 1.29 is 0 Å². The molecular formula is C17H23N. The molecule has 2 aliphatic rings. The Kier molecular flexibility index (Phi) is 3.74. The number of rotatable bonds is 1. The van der Waals surface area contributed by atoms with Crippen molar-refractivity contribution in [1.82, 2.24) is 4.57 Å². The Morgan fingerprint density at radius 1 is 0.944 bits per heavy atom. The zero-order chi connectivity index (χ0) is 12.2. The van der Waals surface area contributed by atoms with Gasteiger partial charge in [-0.1, -0.05) is 38.0 Å². The number of aromatic nitrogens is 1. The molecule has 2 saturated carbocycles. The third kappa shape index (κ3) is 2.64. The predicted octanol–water partition coefficient (Wildman–Crippen LogP) is 4.54. The molecule has 18 heavy (non-hydrogen) atoms. The molecule has 0 bridgehead atoms. The van der Waals surface area contributed by atoms with E-state index in [0.29, 0.717) is 12.0 Å². The van der Waals surface area contributed by atoms with Crippen LogP contribution in [-0.4, -0.2) is 4.57 Å². The molecule has 1 nitrogen and oxygen atoms in total. The van der Waals surface area contributed by atoms with Gasteiger partial charge in [0.2, 0.25) is 0 Å². The summed E-state index contributed by atoms with van der Waals surface area (Å²) < 4.78 is 2.43. The van der Waals surface area contributed by atoms with Crippen LogP contribution in [0.15, 0.2) is 18.3 Å². The Hall–Kier alpha value is -1.16. The van der Waals surface area contributed by atoms with Gasteiger partial charge >= 0.3 is 0 Å². The Morgan fingerprint density at radius 2 is 1.67 bits per heavy atom. The summed E-state index contributed by atoms with van der Waals surface area (Å²) in [5, 5.41) is 0. The van der Waals surface area contributed by atoms with Gasteiger partial charge in [0.25, 0.3) is 0 Å². The SMILES string of the molecule is C(#CC1CCCC1)c1cccn1C1CCCCC1. The van der Waals surface area contributed by atoms with E-state index in [4.69, 9.17) is 0 Å². The molecule has 1 aromatic heterocycles. The van der Waals surface area contributed by atoms with Crippen molar-refractivity contribution in [3.63, 3.8) is 0 Å². The molecule has 0 N–H and O–H groups in total. The van der Waals surface area contributed by atoms with E-state index in [1.54, 1.807) is 0 Å². The van der Waals surface area contributed by atoms with E-state index >= 15 is 0 Å².